The molecule has 0 aromatic heterocycles. The molecule has 0 bridgehead atoms. The Labute approximate surface area is 110 Å². The molecule has 2 fully saturated rings. The van der Waals surface area contributed by atoms with Gasteiger partial charge >= 0.3 is 0 Å². The number of thioether (sulfide) groups is 1. The molecule has 1 amide bonds. The number of amides is 1. The predicted octanol–water partition coefficient (Wildman–Crippen LogP) is 3.05. The van der Waals surface area contributed by atoms with Gasteiger partial charge in [-0.15, -0.1) is 0 Å². The summed E-state index contributed by atoms with van der Waals surface area (Å²) in [7, 11) is 0. The Balaban J connectivity index is 1.88. The fourth-order valence-electron chi connectivity index (χ4n) is 1.83. The van der Waals surface area contributed by atoms with E-state index in [1.54, 1.807) is 4.90 Å². The molecule has 0 atom stereocenters. The van der Waals surface area contributed by atoms with Crippen LogP contribution >= 0.6 is 24.0 Å². The summed E-state index contributed by atoms with van der Waals surface area (Å²) < 4.78 is 0.708. The van der Waals surface area contributed by atoms with E-state index in [1.807, 2.05) is 36.4 Å². The fourth-order valence-corrected chi connectivity index (χ4v) is 3.23. The third kappa shape index (κ3) is 2.15. The largest absolute Gasteiger partial charge is 0.290 e. The summed E-state index contributed by atoms with van der Waals surface area (Å²) in [6.07, 6.45) is 4.10. The Morgan fingerprint density at radius 1 is 1.29 bits per heavy atom. The summed E-state index contributed by atoms with van der Waals surface area (Å²) in [5.74, 6) is 0.0753. The second-order valence-corrected chi connectivity index (χ2v) is 5.87. The molecule has 3 rings (SSSR count). The normalized spacial score (nSPS) is 22.6. The number of thiocarbonyl (C=S) groups is 1. The van der Waals surface area contributed by atoms with Crippen LogP contribution in [0.4, 0.5) is 0 Å². The van der Waals surface area contributed by atoms with Crippen LogP contribution in [0.25, 0.3) is 6.08 Å². The van der Waals surface area contributed by atoms with Gasteiger partial charge in [0.25, 0.3) is 5.91 Å². The van der Waals surface area contributed by atoms with Gasteiger partial charge in [-0.3, -0.25) is 9.69 Å². The summed E-state index contributed by atoms with van der Waals surface area (Å²) in [6, 6.07) is 10.2. The quantitative estimate of drug-likeness (QED) is 0.603. The lowest BCUT2D eigenvalue weighted by Crippen LogP contribution is -2.29. The van der Waals surface area contributed by atoms with Crippen molar-refractivity contribution in [1.29, 1.82) is 0 Å². The van der Waals surface area contributed by atoms with Gasteiger partial charge < -0.3 is 0 Å². The van der Waals surface area contributed by atoms with Gasteiger partial charge in [-0.1, -0.05) is 54.3 Å². The molecule has 0 spiro atoms. The zero-order chi connectivity index (χ0) is 11.8. The van der Waals surface area contributed by atoms with Gasteiger partial charge in [0.2, 0.25) is 0 Å². The maximum Gasteiger partial charge on any atom is 0.266 e. The zero-order valence-corrected chi connectivity index (χ0v) is 10.8. The van der Waals surface area contributed by atoms with E-state index >= 15 is 0 Å². The molecule has 1 saturated heterocycles. The Morgan fingerprint density at radius 3 is 2.65 bits per heavy atom. The van der Waals surface area contributed by atoms with E-state index in [0.29, 0.717) is 10.4 Å². The lowest BCUT2D eigenvalue weighted by molar-refractivity contribution is -0.122. The molecular formula is C13H11NOS2. The van der Waals surface area contributed by atoms with Crippen molar-refractivity contribution < 1.29 is 4.79 Å². The van der Waals surface area contributed by atoms with Crippen molar-refractivity contribution in [3.63, 3.8) is 0 Å². The molecule has 4 heteroatoms. The van der Waals surface area contributed by atoms with E-state index in [2.05, 4.69) is 0 Å². The van der Waals surface area contributed by atoms with E-state index < -0.39 is 0 Å². The molecule has 2 aliphatic rings. The van der Waals surface area contributed by atoms with Crippen molar-refractivity contribution in [1.82, 2.24) is 4.90 Å². The molecule has 1 aliphatic heterocycles. The lowest BCUT2D eigenvalue weighted by Gasteiger charge is -2.11. The van der Waals surface area contributed by atoms with Crippen LogP contribution < -0.4 is 0 Å². The first-order valence-corrected chi connectivity index (χ1v) is 6.80. The van der Waals surface area contributed by atoms with Gasteiger partial charge in [-0.2, -0.15) is 0 Å². The van der Waals surface area contributed by atoms with E-state index in [4.69, 9.17) is 12.2 Å². The third-order valence-corrected chi connectivity index (χ3v) is 4.16. The predicted molar refractivity (Wildman–Crippen MR) is 74.5 cm³/mol. The summed E-state index contributed by atoms with van der Waals surface area (Å²) in [5.41, 5.74) is 1.05. The first-order chi connectivity index (χ1) is 8.25. The minimum Gasteiger partial charge on any atom is -0.290 e. The Morgan fingerprint density at radius 2 is 2.00 bits per heavy atom. The van der Waals surface area contributed by atoms with Crippen LogP contribution in [0.5, 0.6) is 0 Å². The number of carbonyl (C=O) groups excluding carboxylic acids is 1. The number of carbonyl (C=O) groups is 1. The number of rotatable bonds is 2. The van der Waals surface area contributed by atoms with Crippen LogP contribution in [-0.2, 0) is 4.79 Å². The van der Waals surface area contributed by atoms with Crippen molar-refractivity contribution in [3.8, 4) is 0 Å². The minimum absolute atomic E-state index is 0.0753. The molecule has 0 N–H and O–H groups in total. The van der Waals surface area contributed by atoms with Crippen molar-refractivity contribution in [3.05, 3.63) is 40.8 Å². The van der Waals surface area contributed by atoms with Gasteiger partial charge in [0.1, 0.15) is 4.32 Å². The highest BCUT2D eigenvalue weighted by atomic mass is 32.2. The molecule has 0 unspecified atom stereocenters. The van der Waals surface area contributed by atoms with Crippen molar-refractivity contribution in [2.45, 2.75) is 18.9 Å². The second kappa shape index (κ2) is 4.27. The van der Waals surface area contributed by atoms with Crippen LogP contribution in [0.3, 0.4) is 0 Å². The molecule has 86 valence electrons. The van der Waals surface area contributed by atoms with Crippen molar-refractivity contribution >= 4 is 40.3 Å². The Kier molecular flexibility index (Phi) is 2.76. The highest BCUT2D eigenvalue weighted by Gasteiger charge is 2.41. The highest BCUT2D eigenvalue weighted by molar-refractivity contribution is 8.26. The molecule has 2 nitrogen and oxygen atoms in total. The van der Waals surface area contributed by atoms with Crippen molar-refractivity contribution in [2.75, 3.05) is 0 Å². The van der Waals surface area contributed by atoms with Gasteiger partial charge in [-0.25, -0.2) is 0 Å². The molecule has 17 heavy (non-hydrogen) atoms. The van der Waals surface area contributed by atoms with Gasteiger partial charge in [0.05, 0.1) is 4.91 Å². The first-order valence-electron chi connectivity index (χ1n) is 5.58. The Bertz CT molecular complexity index is 505. The standard InChI is InChI=1S/C13H11NOS2/c15-12-11(8-9-4-2-1-3-5-9)17-13(16)14(12)10-6-7-10/h1-5,8,10H,6-7H2/b11-8+. The molecule has 1 saturated carbocycles. The van der Waals surface area contributed by atoms with Gasteiger partial charge in [0, 0.05) is 6.04 Å². The number of benzene rings is 1. The second-order valence-electron chi connectivity index (χ2n) is 4.19. The van der Waals surface area contributed by atoms with Crippen LogP contribution in [0.15, 0.2) is 35.2 Å². The number of hydrogen-bond donors (Lipinski definition) is 0. The summed E-state index contributed by atoms with van der Waals surface area (Å²) in [4.78, 5) is 14.7. The zero-order valence-electron chi connectivity index (χ0n) is 9.13. The average molecular weight is 261 g/mol. The highest BCUT2D eigenvalue weighted by Crippen LogP contribution is 2.39. The molecule has 1 aromatic carbocycles. The van der Waals surface area contributed by atoms with Gasteiger partial charge in [-0.05, 0) is 24.5 Å². The van der Waals surface area contributed by atoms with Crippen molar-refractivity contribution in [2.24, 2.45) is 0 Å². The van der Waals surface area contributed by atoms with Crippen LogP contribution in [0.1, 0.15) is 18.4 Å². The molecule has 1 aromatic rings. The Hall–Kier alpha value is -1.13. The van der Waals surface area contributed by atoms with Crippen LogP contribution in [0, 0.1) is 0 Å². The topological polar surface area (TPSA) is 20.3 Å². The summed E-state index contributed by atoms with van der Waals surface area (Å²) in [5, 5.41) is 0. The lowest BCUT2D eigenvalue weighted by atomic mass is 10.2. The fraction of sp³-hybridized carbons (Fsp3) is 0.231. The maximum absolute atomic E-state index is 12.2. The monoisotopic (exact) mass is 261 g/mol. The number of nitrogens with zero attached hydrogens (tertiary/aromatic N) is 1. The molecular weight excluding hydrogens is 250 g/mol. The average Bonchev–Trinajstić information content (AvgIpc) is 3.10. The molecule has 1 aliphatic carbocycles. The SMILES string of the molecule is O=C1/C(=C\c2ccccc2)SC(=S)N1C1CC1. The maximum atomic E-state index is 12.2. The van der Waals surface area contributed by atoms with E-state index in [-0.39, 0.29) is 5.91 Å². The summed E-state index contributed by atoms with van der Waals surface area (Å²) >= 11 is 6.67. The van der Waals surface area contributed by atoms with Crippen LogP contribution in [0.2, 0.25) is 0 Å². The first kappa shape index (κ1) is 11.0. The third-order valence-electron chi connectivity index (χ3n) is 2.83. The van der Waals surface area contributed by atoms with Gasteiger partial charge in [0.15, 0.2) is 0 Å². The smallest absolute Gasteiger partial charge is 0.266 e. The minimum atomic E-state index is 0.0753. The van der Waals surface area contributed by atoms with Crippen LogP contribution in [-0.4, -0.2) is 21.2 Å². The molecule has 0 radical (unpaired) electrons. The number of hydrogen-bond acceptors (Lipinski definition) is 3. The van der Waals surface area contributed by atoms with E-state index in [0.717, 1.165) is 23.3 Å². The molecule has 1 heterocycles. The van der Waals surface area contributed by atoms with E-state index in [1.165, 1.54) is 11.8 Å². The summed E-state index contributed by atoms with van der Waals surface area (Å²) in [6.45, 7) is 0. The van der Waals surface area contributed by atoms with E-state index in [9.17, 15) is 4.79 Å².